The summed E-state index contributed by atoms with van der Waals surface area (Å²) >= 11 is 0. The second-order valence-corrected chi connectivity index (χ2v) is 8.44. The molecule has 1 N–H and O–H groups in total. The normalized spacial score (nSPS) is 17.2. The van der Waals surface area contributed by atoms with Crippen LogP contribution in [0.4, 0.5) is 0 Å². The van der Waals surface area contributed by atoms with E-state index in [1.807, 2.05) is 50.2 Å². The van der Waals surface area contributed by atoms with Crippen LogP contribution in [0, 0.1) is 13.8 Å². The first-order valence-corrected chi connectivity index (χ1v) is 10.4. The number of benzene rings is 2. The van der Waals surface area contributed by atoms with Crippen LogP contribution in [0.5, 0.6) is 0 Å². The molecule has 0 unspecified atom stereocenters. The maximum Gasteiger partial charge on any atom is 0.240 e. The third-order valence-electron chi connectivity index (χ3n) is 4.93. The van der Waals surface area contributed by atoms with Gasteiger partial charge in [0.1, 0.15) is 0 Å². The molecule has 5 nitrogen and oxygen atoms in total. The van der Waals surface area contributed by atoms with Crippen molar-refractivity contribution >= 4 is 10.0 Å². The molecule has 26 heavy (non-hydrogen) atoms. The van der Waals surface area contributed by atoms with Crippen LogP contribution in [0.3, 0.4) is 0 Å². The van der Waals surface area contributed by atoms with Gasteiger partial charge in [0.25, 0.3) is 0 Å². The maximum atomic E-state index is 12.8. The lowest BCUT2D eigenvalue weighted by Crippen LogP contribution is -2.43. The molecule has 0 amide bonds. The van der Waals surface area contributed by atoms with Crippen molar-refractivity contribution in [2.75, 3.05) is 32.8 Å². The van der Waals surface area contributed by atoms with E-state index in [1.165, 1.54) is 0 Å². The average molecular weight is 375 g/mol. The van der Waals surface area contributed by atoms with Crippen molar-refractivity contribution in [1.82, 2.24) is 9.62 Å². The molecule has 1 saturated heterocycles. The van der Waals surface area contributed by atoms with Gasteiger partial charge in [0.05, 0.1) is 18.1 Å². The van der Waals surface area contributed by atoms with Gasteiger partial charge in [-0.1, -0.05) is 36.4 Å². The SMILES string of the molecule is Cc1ccc(S(=O)(=O)NC[C@H](c2ccccc2)N2CCOCC2)cc1C. The summed E-state index contributed by atoms with van der Waals surface area (Å²) in [5, 5.41) is 0. The predicted octanol–water partition coefficient (Wildman–Crippen LogP) is 2.66. The zero-order valence-corrected chi connectivity index (χ0v) is 16.1. The highest BCUT2D eigenvalue weighted by molar-refractivity contribution is 7.89. The minimum Gasteiger partial charge on any atom is -0.379 e. The Morgan fingerprint density at radius 3 is 2.38 bits per heavy atom. The number of ether oxygens (including phenoxy) is 1. The second-order valence-electron chi connectivity index (χ2n) is 6.67. The molecular formula is C20H26N2O3S. The van der Waals surface area contributed by atoms with Gasteiger partial charge in [-0.3, -0.25) is 4.90 Å². The van der Waals surface area contributed by atoms with E-state index in [9.17, 15) is 8.42 Å². The van der Waals surface area contributed by atoms with Crippen molar-refractivity contribution < 1.29 is 13.2 Å². The highest BCUT2D eigenvalue weighted by atomic mass is 32.2. The molecule has 0 bridgehead atoms. The topological polar surface area (TPSA) is 58.6 Å². The number of sulfonamides is 1. The molecule has 1 heterocycles. The Morgan fingerprint density at radius 1 is 1.04 bits per heavy atom. The summed E-state index contributed by atoms with van der Waals surface area (Å²) in [4.78, 5) is 2.59. The van der Waals surface area contributed by atoms with Gasteiger partial charge in [-0.25, -0.2) is 13.1 Å². The van der Waals surface area contributed by atoms with E-state index in [-0.39, 0.29) is 6.04 Å². The minimum atomic E-state index is -3.55. The number of hydrogen-bond donors (Lipinski definition) is 1. The number of nitrogens with one attached hydrogen (secondary N) is 1. The zero-order chi connectivity index (χ0) is 18.6. The lowest BCUT2D eigenvalue weighted by molar-refractivity contribution is 0.0172. The van der Waals surface area contributed by atoms with E-state index < -0.39 is 10.0 Å². The number of aryl methyl sites for hydroxylation is 2. The van der Waals surface area contributed by atoms with Gasteiger partial charge in [0.2, 0.25) is 10.0 Å². The van der Waals surface area contributed by atoms with Crippen molar-refractivity contribution in [2.45, 2.75) is 24.8 Å². The maximum absolute atomic E-state index is 12.8. The molecule has 0 spiro atoms. The molecule has 0 aliphatic carbocycles. The molecule has 1 aliphatic rings. The summed E-state index contributed by atoms with van der Waals surface area (Å²) < 4.78 is 33.8. The molecule has 6 heteroatoms. The Kier molecular flexibility index (Phi) is 6.09. The standard InChI is InChI=1S/C20H26N2O3S/c1-16-8-9-19(14-17(16)2)26(23,24)21-15-20(18-6-4-3-5-7-18)22-10-12-25-13-11-22/h3-9,14,20-21H,10-13,15H2,1-2H3/t20-/m1/s1. The molecule has 2 aromatic carbocycles. The molecule has 1 fully saturated rings. The minimum absolute atomic E-state index is 0.0126. The van der Waals surface area contributed by atoms with Crippen LogP contribution in [-0.2, 0) is 14.8 Å². The molecule has 1 atom stereocenters. The molecular weight excluding hydrogens is 348 g/mol. The van der Waals surface area contributed by atoms with Gasteiger partial charge >= 0.3 is 0 Å². The first-order valence-electron chi connectivity index (χ1n) is 8.91. The van der Waals surface area contributed by atoms with E-state index in [4.69, 9.17) is 4.74 Å². The third kappa shape index (κ3) is 4.51. The van der Waals surface area contributed by atoms with E-state index >= 15 is 0 Å². The van der Waals surface area contributed by atoms with E-state index in [1.54, 1.807) is 12.1 Å². The lowest BCUT2D eigenvalue weighted by Gasteiger charge is -2.34. The number of nitrogens with zero attached hydrogens (tertiary/aromatic N) is 1. The molecule has 0 aromatic heterocycles. The summed E-state index contributed by atoms with van der Waals surface area (Å²) in [5.74, 6) is 0. The van der Waals surface area contributed by atoms with Crippen molar-refractivity contribution in [1.29, 1.82) is 0 Å². The van der Waals surface area contributed by atoms with E-state index in [0.717, 1.165) is 29.8 Å². The average Bonchev–Trinajstić information content (AvgIpc) is 2.66. The first-order chi connectivity index (χ1) is 12.5. The molecule has 0 saturated carbocycles. The zero-order valence-electron chi connectivity index (χ0n) is 15.3. The quantitative estimate of drug-likeness (QED) is 0.845. The summed E-state index contributed by atoms with van der Waals surface area (Å²) in [6.07, 6.45) is 0. The van der Waals surface area contributed by atoms with Crippen LogP contribution in [-0.4, -0.2) is 46.2 Å². The fourth-order valence-corrected chi connectivity index (χ4v) is 4.30. The number of rotatable bonds is 6. The number of morpholine rings is 1. The Bertz CT molecular complexity index is 831. The fraction of sp³-hybridized carbons (Fsp3) is 0.400. The van der Waals surface area contributed by atoms with Crippen LogP contribution >= 0.6 is 0 Å². The monoisotopic (exact) mass is 374 g/mol. The Hall–Kier alpha value is -1.73. The fourth-order valence-electron chi connectivity index (χ4n) is 3.18. The van der Waals surface area contributed by atoms with Crippen molar-refractivity contribution in [2.24, 2.45) is 0 Å². The molecule has 140 valence electrons. The smallest absolute Gasteiger partial charge is 0.240 e. The Morgan fingerprint density at radius 2 is 1.73 bits per heavy atom. The Balaban J connectivity index is 1.79. The van der Waals surface area contributed by atoms with E-state index in [0.29, 0.717) is 24.7 Å². The summed E-state index contributed by atoms with van der Waals surface area (Å²) in [6.45, 7) is 7.17. The molecule has 0 radical (unpaired) electrons. The number of hydrogen-bond acceptors (Lipinski definition) is 4. The van der Waals surface area contributed by atoms with Crippen molar-refractivity contribution in [3.63, 3.8) is 0 Å². The lowest BCUT2D eigenvalue weighted by atomic mass is 10.1. The predicted molar refractivity (Wildman–Crippen MR) is 103 cm³/mol. The molecule has 3 rings (SSSR count). The van der Waals surface area contributed by atoms with Gasteiger partial charge in [-0.15, -0.1) is 0 Å². The molecule has 2 aromatic rings. The van der Waals surface area contributed by atoms with Crippen molar-refractivity contribution in [3.05, 3.63) is 65.2 Å². The van der Waals surface area contributed by atoms with Crippen LogP contribution in [0.15, 0.2) is 53.4 Å². The highest BCUT2D eigenvalue weighted by Gasteiger charge is 2.25. The second kappa shape index (κ2) is 8.31. The van der Waals surface area contributed by atoms with Crippen LogP contribution in [0.2, 0.25) is 0 Å². The van der Waals surface area contributed by atoms with Gasteiger partial charge in [0.15, 0.2) is 0 Å². The van der Waals surface area contributed by atoms with Gasteiger partial charge in [-0.2, -0.15) is 0 Å². The van der Waals surface area contributed by atoms with Crippen LogP contribution < -0.4 is 4.72 Å². The molecule has 1 aliphatic heterocycles. The largest absolute Gasteiger partial charge is 0.379 e. The Labute approximate surface area is 156 Å². The van der Waals surface area contributed by atoms with Gasteiger partial charge < -0.3 is 4.74 Å². The van der Waals surface area contributed by atoms with Gasteiger partial charge in [0, 0.05) is 25.7 Å². The summed E-state index contributed by atoms with van der Waals surface area (Å²) in [7, 11) is -3.55. The van der Waals surface area contributed by atoms with Gasteiger partial charge in [-0.05, 0) is 42.7 Å². The summed E-state index contributed by atoms with van der Waals surface area (Å²) in [5.41, 5.74) is 3.16. The first kappa shape index (κ1) is 19.0. The highest BCUT2D eigenvalue weighted by Crippen LogP contribution is 2.22. The van der Waals surface area contributed by atoms with Crippen LogP contribution in [0.1, 0.15) is 22.7 Å². The summed E-state index contributed by atoms with van der Waals surface area (Å²) in [6, 6.07) is 15.3. The van der Waals surface area contributed by atoms with Crippen LogP contribution in [0.25, 0.3) is 0 Å². The third-order valence-corrected chi connectivity index (χ3v) is 6.35. The van der Waals surface area contributed by atoms with E-state index in [2.05, 4.69) is 9.62 Å². The van der Waals surface area contributed by atoms with Crippen molar-refractivity contribution in [3.8, 4) is 0 Å².